The molecule has 1 fully saturated rings. The van der Waals surface area contributed by atoms with Crippen LogP contribution in [0.3, 0.4) is 0 Å². The van der Waals surface area contributed by atoms with Gasteiger partial charge in [0.2, 0.25) is 0 Å². The van der Waals surface area contributed by atoms with Crippen molar-refractivity contribution in [3.05, 3.63) is 71.0 Å². The van der Waals surface area contributed by atoms with E-state index in [9.17, 15) is 14.0 Å². The normalized spacial score (nSPS) is 20.6. The largest absolute Gasteiger partial charge is 0.444 e. The van der Waals surface area contributed by atoms with Gasteiger partial charge in [-0.2, -0.15) is 0 Å². The third-order valence-electron chi connectivity index (χ3n) is 5.77. The first-order chi connectivity index (χ1) is 15.2. The van der Waals surface area contributed by atoms with Crippen molar-refractivity contribution in [1.29, 1.82) is 0 Å². The van der Waals surface area contributed by atoms with Crippen LogP contribution >= 0.6 is 0 Å². The summed E-state index contributed by atoms with van der Waals surface area (Å²) in [7, 11) is 0. The summed E-state index contributed by atoms with van der Waals surface area (Å²) in [6, 6.07) is 13.9. The van der Waals surface area contributed by atoms with E-state index in [1.54, 1.807) is 21.9 Å². The summed E-state index contributed by atoms with van der Waals surface area (Å²) in [5, 5.41) is 0. The molecule has 2 aromatic rings. The van der Waals surface area contributed by atoms with Gasteiger partial charge in [0.15, 0.2) is 0 Å². The van der Waals surface area contributed by atoms with Gasteiger partial charge in [0.1, 0.15) is 17.5 Å². The van der Waals surface area contributed by atoms with Crippen LogP contribution in [0, 0.1) is 5.82 Å². The molecule has 0 aromatic heterocycles. The Hall–Kier alpha value is -3.09. The van der Waals surface area contributed by atoms with Crippen LogP contribution < -0.4 is 0 Å². The fourth-order valence-electron chi connectivity index (χ4n) is 4.29. The zero-order chi connectivity index (χ0) is 22.9. The molecule has 2 atom stereocenters. The zero-order valence-corrected chi connectivity index (χ0v) is 18.7. The molecule has 0 spiro atoms. The van der Waals surface area contributed by atoms with Gasteiger partial charge in [0, 0.05) is 19.5 Å². The van der Waals surface area contributed by atoms with Gasteiger partial charge in [-0.1, -0.05) is 36.4 Å². The molecule has 2 aliphatic rings. The van der Waals surface area contributed by atoms with Gasteiger partial charge in [0.25, 0.3) is 0 Å². The molecule has 1 saturated heterocycles. The van der Waals surface area contributed by atoms with Crippen LogP contribution in [0.2, 0.25) is 0 Å². The maximum absolute atomic E-state index is 13.5. The summed E-state index contributed by atoms with van der Waals surface area (Å²) in [5.41, 5.74) is 2.44. The SMILES string of the molecule is CC(C)(C)OC(=O)N1CCC(OC(=O)N2CCc3ccccc3C2c2ccc(F)cc2)C1. The minimum absolute atomic E-state index is 0.312. The maximum Gasteiger partial charge on any atom is 0.410 e. The highest BCUT2D eigenvalue weighted by Crippen LogP contribution is 2.36. The molecule has 0 bridgehead atoms. The van der Waals surface area contributed by atoms with Gasteiger partial charge in [-0.05, 0) is 56.0 Å². The number of fused-ring (bicyclic) bond motifs is 1. The Bertz CT molecular complexity index is 986. The number of likely N-dealkylation sites (tertiary alicyclic amines) is 1. The highest BCUT2D eigenvalue weighted by molar-refractivity contribution is 5.71. The molecule has 6 nitrogen and oxygen atoms in total. The molecule has 2 amide bonds. The maximum atomic E-state index is 13.5. The van der Waals surface area contributed by atoms with Gasteiger partial charge in [0.05, 0.1) is 12.6 Å². The molecule has 7 heteroatoms. The molecule has 2 aliphatic heterocycles. The first-order valence-corrected chi connectivity index (χ1v) is 11.0. The van der Waals surface area contributed by atoms with E-state index in [1.165, 1.54) is 17.7 Å². The summed E-state index contributed by atoms with van der Waals surface area (Å²) >= 11 is 0. The van der Waals surface area contributed by atoms with Crippen molar-refractivity contribution in [3.8, 4) is 0 Å². The van der Waals surface area contributed by atoms with E-state index >= 15 is 0 Å². The lowest BCUT2D eigenvalue weighted by molar-refractivity contribution is 0.0230. The van der Waals surface area contributed by atoms with Gasteiger partial charge in [-0.15, -0.1) is 0 Å². The van der Waals surface area contributed by atoms with Gasteiger partial charge in [-0.3, -0.25) is 4.90 Å². The van der Waals surface area contributed by atoms with Gasteiger partial charge >= 0.3 is 12.2 Å². The Morgan fingerprint density at radius 3 is 2.44 bits per heavy atom. The standard InChI is InChI=1S/C25H29FN2O4/c1-25(2,3)32-23(29)27-14-13-20(16-27)31-24(30)28-15-12-17-6-4-5-7-21(17)22(28)18-8-10-19(26)11-9-18/h4-11,20,22H,12-16H2,1-3H3. The highest BCUT2D eigenvalue weighted by Gasteiger charge is 2.36. The van der Waals surface area contributed by atoms with Crippen molar-refractivity contribution in [1.82, 2.24) is 9.80 Å². The highest BCUT2D eigenvalue weighted by atomic mass is 19.1. The van der Waals surface area contributed by atoms with Crippen molar-refractivity contribution in [3.63, 3.8) is 0 Å². The van der Waals surface area contributed by atoms with Crippen LogP contribution in [0.15, 0.2) is 48.5 Å². The first kappa shape index (κ1) is 22.1. The number of nitrogens with zero attached hydrogens (tertiary/aromatic N) is 2. The molecule has 0 saturated carbocycles. The van der Waals surface area contributed by atoms with Crippen molar-refractivity contribution < 1.29 is 23.5 Å². The van der Waals surface area contributed by atoms with Crippen LogP contribution in [0.1, 0.15) is 49.9 Å². The number of ether oxygens (including phenoxy) is 2. The quantitative estimate of drug-likeness (QED) is 0.665. The van der Waals surface area contributed by atoms with E-state index in [0.717, 1.165) is 17.5 Å². The van der Waals surface area contributed by atoms with Crippen LogP contribution in [0.25, 0.3) is 0 Å². The van der Waals surface area contributed by atoms with E-state index in [2.05, 4.69) is 6.07 Å². The molecule has 32 heavy (non-hydrogen) atoms. The average molecular weight is 441 g/mol. The average Bonchev–Trinajstić information content (AvgIpc) is 3.21. The lowest BCUT2D eigenvalue weighted by atomic mass is 9.88. The molecule has 0 N–H and O–H groups in total. The lowest BCUT2D eigenvalue weighted by Gasteiger charge is -2.37. The molecule has 170 valence electrons. The summed E-state index contributed by atoms with van der Waals surface area (Å²) in [6.45, 7) is 6.76. The third kappa shape index (κ3) is 4.87. The zero-order valence-electron chi connectivity index (χ0n) is 18.7. The molecule has 0 aliphatic carbocycles. The first-order valence-electron chi connectivity index (χ1n) is 11.0. The van der Waals surface area contributed by atoms with E-state index in [1.807, 2.05) is 39.0 Å². The van der Waals surface area contributed by atoms with Crippen molar-refractivity contribution in [2.45, 2.75) is 51.4 Å². The molecule has 4 rings (SSSR count). The van der Waals surface area contributed by atoms with Crippen LogP contribution in [0.5, 0.6) is 0 Å². The molecular weight excluding hydrogens is 411 g/mol. The number of hydrogen-bond acceptors (Lipinski definition) is 4. The smallest absolute Gasteiger partial charge is 0.410 e. The van der Waals surface area contributed by atoms with Crippen molar-refractivity contribution in [2.24, 2.45) is 0 Å². The fourth-order valence-corrected chi connectivity index (χ4v) is 4.29. The van der Waals surface area contributed by atoms with Gasteiger partial charge < -0.3 is 14.4 Å². The van der Waals surface area contributed by atoms with E-state index in [-0.39, 0.29) is 18.0 Å². The molecule has 2 unspecified atom stereocenters. The van der Waals surface area contributed by atoms with Crippen LogP contribution in [0.4, 0.5) is 14.0 Å². The number of halogens is 1. The topological polar surface area (TPSA) is 59.1 Å². The van der Waals surface area contributed by atoms with Crippen LogP contribution in [-0.2, 0) is 15.9 Å². The Morgan fingerprint density at radius 1 is 1.00 bits per heavy atom. The number of rotatable bonds is 2. The predicted octanol–water partition coefficient (Wildman–Crippen LogP) is 4.92. The second-order valence-electron chi connectivity index (χ2n) is 9.32. The molecular formula is C25H29FN2O4. The number of hydrogen-bond donors (Lipinski definition) is 0. The molecule has 0 radical (unpaired) electrons. The number of carbonyl (C=O) groups is 2. The Balaban J connectivity index is 1.49. The summed E-state index contributed by atoms with van der Waals surface area (Å²) in [4.78, 5) is 28.8. The Kier molecular flexibility index (Phi) is 6.09. The summed E-state index contributed by atoms with van der Waals surface area (Å²) in [5.74, 6) is -0.319. The van der Waals surface area contributed by atoms with Gasteiger partial charge in [-0.25, -0.2) is 14.0 Å². The van der Waals surface area contributed by atoms with Crippen molar-refractivity contribution >= 4 is 12.2 Å². The van der Waals surface area contributed by atoms with E-state index in [4.69, 9.17) is 9.47 Å². The number of carbonyl (C=O) groups excluding carboxylic acids is 2. The minimum Gasteiger partial charge on any atom is -0.444 e. The number of amides is 2. The fraction of sp³-hybridized carbons (Fsp3) is 0.440. The third-order valence-corrected chi connectivity index (χ3v) is 5.77. The number of benzene rings is 2. The lowest BCUT2D eigenvalue weighted by Crippen LogP contribution is -2.43. The van der Waals surface area contributed by atoms with E-state index in [0.29, 0.717) is 26.1 Å². The molecule has 2 heterocycles. The Morgan fingerprint density at radius 2 is 1.72 bits per heavy atom. The van der Waals surface area contributed by atoms with E-state index < -0.39 is 17.8 Å². The second-order valence-corrected chi connectivity index (χ2v) is 9.32. The summed E-state index contributed by atoms with van der Waals surface area (Å²) < 4.78 is 24.8. The summed E-state index contributed by atoms with van der Waals surface area (Å²) in [6.07, 6.45) is 0.0759. The van der Waals surface area contributed by atoms with Crippen molar-refractivity contribution in [2.75, 3.05) is 19.6 Å². The predicted molar refractivity (Wildman–Crippen MR) is 118 cm³/mol. The monoisotopic (exact) mass is 440 g/mol. The second kappa shape index (κ2) is 8.81. The molecule has 2 aromatic carbocycles. The Labute approximate surface area is 187 Å². The minimum atomic E-state index is -0.574. The van der Waals surface area contributed by atoms with Crippen LogP contribution in [-0.4, -0.2) is 53.3 Å².